The van der Waals surface area contributed by atoms with Crippen molar-refractivity contribution in [2.24, 2.45) is 29.4 Å². The molecule has 1 aromatic rings. The normalized spacial score (nSPS) is 35.2. The van der Waals surface area contributed by atoms with Crippen molar-refractivity contribution in [3.63, 3.8) is 0 Å². The highest BCUT2D eigenvalue weighted by Gasteiger charge is 2.69. The highest BCUT2D eigenvalue weighted by molar-refractivity contribution is 7.57. The predicted octanol–water partition coefficient (Wildman–Crippen LogP) is 5.31. The molecule has 5 fully saturated rings. The zero-order valence-electron chi connectivity index (χ0n) is 27.1. The van der Waals surface area contributed by atoms with Crippen LogP contribution in [-0.4, -0.2) is 61.9 Å². The van der Waals surface area contributed by atoms with Crippen LogP contribution in [-0.2, 0) is 47.1 Å². The van der Waals surface area contributed by atoms with E-state index >= 15 is 0 Å². The van der Waals surface area contributed by atoms with E-state index in [0.717, 1.165) is 19.3 Å². The van der Waals surface area contributed by atoms with Gasteiger partial charge in [0.05, 0.1) is 25.9 Å². The molecule has 1 saturated carbocycles. The van der Waals surface area contributed by atoms with Crippen LogP contribution in [0.3, 0.4) is 0 Å². The third-order valence-corrected chi connectivity index (χ3v) is 11.4. The molecule has 4 aliphatic heterocycles. The fourth-order valence-electron chi connectivity index (χ4n) is 7.37. The first kappa shape index (κ1) is 35.0. The number of carbonyl (C=O) groups is 2. The summed E-state index contributed by atoms with van der Waals surface area (Å²) in [5, 5.41) is 2.84. The highest BCUT2D eigenvalue weighted by atomic mass is 31.2. The minimum Gasteiger partial charge on any atom is -0.434 e. The van der Waals surface area contributed by atoms with Crippen molar-refractivity contribution in [1.82, 2.24) is 5.32 Å². The first-order chi connectivity index (χ1) is 21.9. The van der Waals surface area contributed by atoms with Crippen molar-refractivity contribution in [3.05, 3.63) is 47.8 Å². The van der Waals surface area contributed by atoms with Gasteiger partial charge in [0.1, 0.15) is 0 Å². The van der Waals surface area contributed by atoms with Crippen LogP contribution in [0.5, 0.6) is 0 Å². The van der Waals surface area contributed by atoms with Gasteiger partial charge in [-0.05, 0) is 63.5 Å². The van der Waals surface area contributed by atoms with E-state index in [0.29, 0.717) is 17.9 Å². The highest BCUT2D eigenvalue weighted by Crippen LogP contribution is 2.60. The fraction of sp³-hybridized carbons (Fsp3) is 0.688. The summed E-state index contributed by atoms with van der Waals surface area (Å²) in [5.41, 5.74) is 5.27. The van der Waals surface area contributed by atoms with Gasteiger partial charge in [-0.1, -0.05) is 44.2 Å². The van der Waals surface area contributed by atoms with Crippen LogP contribution >= 0.6 is 7.60 Å². The standard InChI is InChI=1S/C32H47N2O11P/c1-6-39-46(37,40-7-2)18-16-25(22-11-9-8-10-12-22)34-27(35)26(41-30(33)36)19-38-28-21(4)24-14-13-20(3)23-15-17-31(5)43-29(42-28)32(23,24)45-44-31/h8-12,16,18,20-21,23-26,28-29H,6-7,13-15,17,19H2,1-5H3,(H2,33,36)(H,34,35)/b18-16+/t20-,21-,23+,24+,25?,26+,28+,29-,31-,32-/m1/s1. The average Bonchev–Trinajstić information content (AvgIpc) is 3.25. The number of rotatable bonds is 13. The van der Waals surface area contributed by atoms with E-state index in [4.69, 9.17) is 43.5 Å². The lowest BCUT2D eigenvalue weighted by Crippen LogP contribution is -2.70. The smallest absolute Gasteiger partial charge is 0.405 e. The van der Waals surface area contributed by atoms with E-state index in [1.165, 1.54) is 11.9 Å². The van der Waals surface area contributed by atoms with Crippen LogP contribution in [0.4, 0.5) is 4.79 Å². The van der Waals surface area contributed by atoms with Gasteiger partial charge < -0.3 is 39.0 Å². The van der Waals surface area contributed by atoms with E-state index in [9.17, 15) is 14.2 Å². The lowest BCUT2D eigenvalue weighted by atomic mass is 9.58. The van der Waals surface area contributed by atoms with Crippen LogP contribution in [0.15, 0.2) is 42.2 Å². The molecule has 5 aliphatic rings. The Morgan fingerprint density at radius 2 is 1.80 bits per heavy atom. The summed E-state index contributed by atoms with van der Waals surface area (Å²) in [6, 6.07) is 8.24. The first-order valence-electron chi connectivity index (χ1n) is 16.1. The molecule has 46 heavy (non-hydrogen) atoms. The maximum atomic E-state index is 13.6. The lowest BCUT2D eigenvalue weighted by Gasteiger charge is -2.60. The van der Waals surface area contributed by atoms with E-state index in [-0.39, 0.29) is 37.6 Å². The monoisotopic (exact) mass is 666 g/mol. The summed E-state index contributed by atoms with van der Waals surface area (Å²) in [6.07, 6.45) is 0.877. The van der Waals surface area contributed by atoms with Gasteiger partial charge in [-0.2, -0.15) is 0 Å². The Hall–Kier alpha value is -2.35. The summed E-state index contributed by atoms with van der Waals surface area (Å²) in [7, 11) is -3.57. The quantitative estimate of drug-likeness (QED) is 0.207. The van der Waals surface area contributed by atoms with Gasteiger partial charge in [0.15, 0.2) is 18.2 Å². The van der Waals surface area contributed by atoms with Gasteiger partial charge >= 0.3 is 13.7 Å². The molecular weight excluding hydrogens is 619 g/mol. The Balaban J connectivity index is 1.33. The molecule has 1 aliphatic carbocycles. The Bertz CT molecular complexity index is 1290. The van der Waals surface area contributed by atoms with E-state index < -0.39 is 55.7 Å². The molecule has 2 amide bonds. The predicted molar refractivity (Wildman–Crippen MR) is 165 cm³/mol. The lowest BCUT2D eigenvalue weighted by molar-refractivity contribution is -0.577. The number of hydrogen-bond donors (Lipinski definition) is 2. The third-order valence-electron chi connectivity index (χ3n) is 9.60. The zero-order valence-corrected chi connectivity index (χ0v) is 28.0. The summed E-state index contributed by atoms with van der Waals surface area (Å²) in [4.78, 5) is 37.6. The topological polar surface area (TPSA) is 163 Å². The molecule has 0 radical (unpaired) electrons. The van der Waals surface area contributed by atoms with Crippen LogP contribution in [0.25, 0.3) is 0 Å². The molecule has 3 N–H and O–H groups in total. The molecule has 1 spiro atoms. The molecule has 6 rings (SSSR count). The van der Waals surface area contributed by atoms with Crippen LogP contribution in [0.1, 0.15) is 71.9 Å². The number of hydrogen-bond acceptors (Lipinski definition) is 11. The number of benzene rings is 1. The summed E-state index contributed by atoms with van der Waals surface area (Å²) in [5.74, 6) is 0.114. The van der Waals surface area contributed by atoms with Crippen LogP contribution in [0, 0.1) is 23.7 Å². The summed E-state index contributed by atoms with van der Waals surface area (Å²) in [6.45, 7) is 9.51. The van der Waals surface area contributed by atoms with E-state index in [2.05, 4.69) is 12.2 Å². The van der Waals surface area contributed by atoms with Crippen LogP contribution in [0.2, 0.25) is 0 Å². The second-order valence-electron chi connectivity index (χ2n) is 12.6. The number of amides is 2. The third kappa shape index (κ3) is 7.22. The van der Waals surface area contributed by atoms with Crippen LogP contribution < -0.4 is 11.1 Å². The molecular formula is C32H47N2O11P. The molecule has 10 atom stereocenters. The van der Waals surface area contributed by atoms with E-state index in [1.54, 1.807) is 38.1 Å². The Kier molecular flexibility index (Phi) is 11.0. The molecule has 1 unspecified atom stereocenters. The molecule has 13 nitrogen and oxygen atoms in total. The van der Waals surface area contributed by atoms with Gasteiger partial charge in [-0.15, -0.1) is 0 Å². The molecule has 2 bridgehead atoms. The van der Waals surface area contributed by atoms with Crippen molar-refractivity contribution < 1.29 is 51.9 Å². The molecule has 4 saturated heterocycles. The van der Waals surface area contributed by atoms with Gasteiger partial charge in [-0.3, -0.25) is 9.36 Å². The molecule has 0 aromatic heterocycles. The van der Waals surface area contributed by atoms with Crippen molar-refractivity contribution in [3.8, 4) is 0 Å². The largest absolute Gasteiger partial charge is 0.434 e. The second-order valence-corrected chi connectivity index (χ2v) is 14.5. The number of nitrogens with two attached hydrogens (primary N) is 1. The molecule has 4 heterocycles. The minimum atomic E-state index is -3.57. The number of nitrogens with one attached hydrogen (secondary N) is 1. The second kappa shape index (κ2) is 14.4. The first-order valence-corrected chi connectivity index (χ1v) is 17.8. The van der Waals surface area contributed by atoms with Crippen molar-refractivity contribution in [1.29, 1.82) is 0 Å². The van der Waals surface area contributed by atoms with Crippen molar-refractivity contribution in [2.75, 3.05) is 19.8 Å². The van der Waals surface area contributed by atoms with Gasteiger partial charge in [0, 0.05) is 24.1 Å². The number of fused-ring (bicyclic) bond motifs is 2. The average molecular weight is 667 g/mol. The Morgan fingerprint density at radius 3 is 2.48 bits per heavy atom. The number of carbonyl (C=O) groups excluding carboxylic acids is 2. The summed E-state index contributed by atoms with van der Waals surface area (Å²) < 4.78 is 48.1. The van der Waals surface area contributed by atoms with Gasteiger partial charge in [0.25, 0.3) is 5.91 Å². The Labute approximate surface area is 270 Å². The summed E-state index contributed by atoms with van der Waals surface area (Å²) >= 11 is 0. The van der Waals surface area contributed by atoms with Gasteiger partial charge in [-0.25, -0.2) is 14.6 Å². The maximum absolute atomic E-state index is 13.6. The Morgan fingerprint density at radius 1 is 1.09 bits per heavy atom. The minimum absolute atomic E-state index is 0.00315. The molecule has 1 aromatic carbocycles. The number of ether oxygens (including phenoxy) is 4. The SMILES string of the molecule is CCOP(=O)(/C=C/C(NC(=O)[C@H](CO[C@H]1O[C@@H]2O[C@@]3(C)CC[C@H]4[C@H](C)CC[C@@H]([C@H]1C)[C@@]24OO3)OC(N)=O)c1ccccc1)OCC. The zero-order chi connectivity index (χ0) is 33.1. The molecule has 14 heteroatoms. The fourth-order valence-corrected chi connectivity index (χ4v) is 8.72. The van der Waals surface area contributed by atoms with E-state index in [1.807, 2.05) is 19.9 Å². The number of primary amides is 1. The van der Waals surface area contributed by atoms with Crippen molar-refractivity contribution in [2.45, 2.75) is 96.4 Å². The maximum Gasteiger partial charge on any atom is 0.405 e. The van der Waals surface area contributed by atoms with Gasteiger partial charge in [0.2, 0.25) is 11.9 Å². The van der Waals surface area contributed by atoms with Crippen molar-refractivity contribution >= 4 is 19.6 Å². The molecule has 256 valence electrons.